The molecule has 152 valence electrons. The molecule has 1 amide bonds. The zero-order valence-corrected chi connectivity index (χ0v) is 17.6. The Kier molecular flexibility index (Phi) is 6.37. The molecule has 1 N–H and O–H groups in total. The van der Waals surface area contributed by atoms with Gasteiger partial charge in [-0.3, -0.25) is 9.89 Å². The number of benzene rings is 2. The van der Waals surface area contributed by atoms with Crippen molar-refractivity contribution >= 4 is 5.91 Å². The van der Waals surface area contributed by atoms with Gasteiger partial charge in [0.2, 0.25) is 5.91 Å². The highest BCUT2D eigenvalue weighted by Gasteiger charge is 2.18. The molecule has 3 rings (SSSR count). The van der Waals surface area contributed by atoms with Gasteiger partial charge in [0.1, 0.15) is 5.75 Å². The Morgan fingerprint density at radius 1 is 1.07 bits per heavy atom. The second kappa shape index (κ2) is 8.95. The number of para-hydroxylation sites is 1. The summed E-state index contributed by atoms with van der Waals surface area (Å²) in [6.45, 7) is 7.19. The van der Waals surface area contributed by atoms with Gasteiger partial charge in [0.05, 0.1) is 31.0 Å². The first kappa shape index (κ1) is 20.6. The number of hydrogen-bond acceptors (Lipinski definition) is 3. The normalized spacial score (nSPS) is 11.3. The van der Waals surface area contributed by atoms with Crippen LogP contribution in [0, 0.1) is 0 Å². The van der Waals surface area contributed by atoms with Gasteiger partial charge in [0.25, 0.3) is 0 Å². The average molecular weight is 392 g/mol. The number of carbonyl (C=O) groups is 1. The van der Waals surface area contributed by atoms with E-state index in [0.717, 1.165) is 28.3 Å². The summed E-state index contributed by atoms with van der Waals surface area (Å²) in [5, 5.41) is 7.38. The van der Waals surface area contributed by atoms with Gasteiger partial charge in [0, 0.05) is 18.0 Å². The Hall–Kier alpha value is -3.08. The maximum atomic E-state index is 12.5. The molecule has 1 heterocycles. The minimum Gasteiger partial charge on any atom is -0.492 e. The third-order valence-electron chi connectivity index (χ3n) is 4.78. The molecule has 0 aliphatic carbocycles. The molecular weight excluding hydrogens is 362 g/mol. The van der Waals surface area contributed by atoms with Crippen molar-refractivity contribution < 1.29 is 9.53 Å². The van der Waals surface area contributed by atoms with E-state index in [-0.39, 0.29) is 11.3 Å². The summed E-state index contributed by atoms with van der Waals surface area (Å²) in [6.07, 6.45) is 0.319. The Labute approximate surface area is 172 Å². The molecule has 0 bridgehead atoms. The summed E-state index contributed by atoms with van der Waals surface area (Å²) in [6, 6.07) is 20.0. The van der Waals surface area contributed by atoms with Crippen LogP contribution in [0.5, 0.6) is 5.75 Å². The van der Waals surface area contributed by atoms with E-state index in [2.05, 4.69) is 43.1 Å². The smallest absolute Gasteiger partial charge is 0.226 e. The van der Waals surface area contributed by atoms with Crippen molar-refractivity contribution in [3.05, 3.63) is 72.1 Å². The van der Waals surface area contributed by atoms with Crippen LogP contribution >= 0.6 is 0 Å². The number of aromatic nitrogens is 2. The molecule has 3 aromatic rings. The Morgan fingerprint density at radius 2 is 1.76 bits per heavy atom. The molecule has 5 nitrogen and oxygen atoms in total. The summed E-state index contributed by atoms with van der Waals surface area (Å²) in [5.41, 5.74) is 4.04. The minimum atomic E-state index is -0.0166. The maximum absolute atomic E-state index is 12.5. The number of nitrogens with zero attached hydrogens (tertiary/aromatic N) is 2. The van der Waals surface area contributed by atoms with E-state index in [0.29, 0.717) is 19.6 Å². The zero-order valence-electron chi connectivity index (χ0n) is 17.6. The topological polar surface area (TPSA) is 58.2 Å². The fraction of sp³-hybridized carbons (Fsp3) is 0.333. The van der Waals surface area contributed by atoms with E-state index >= 15 is 0 Å². The van der Waals surface area contributed by atoms with Crippen LogP contribution in [0.3, 0.4) is 0 Å². The van der Waals surface area contributed by atoms with Gasteiger partial charge < -0.3 is 9.64 Å². The lowest BCUT2D eigenvalue weighted by Crippen LogP contribution is -2.27. The number of rotatable bonds is 7. The first-order valence-electron chi connectivity index (χ1n) is 9.90. The van der Waals surface area contributed by atoms with Crippen LogP contribution in [0.1, 0.15) is 38.6 Å². The molecule has 0 saturated carbocycles. The van der Waals surface area contributed by atoms with Crippen LogP contribution < -0.4 is 4.74 Å². The van der Waals surface area contributed by atoms with Gasteiger partial charge >= 0.3 is 0 Å². The van der Waals surface area contributed by atoms with Crippen molar-refractivity contribution in [2.75, 3.05) is 13.7 Å². The van der Waals surface area contributed by atoms with Crippen LogP contribution in [-0.4, -0.2) is 34.7 Å². The Bertz CT molecular complexity index is 942. The number of H-pyrrole nitrogens is 1. The highest BCUT2D eigenvalue weighted by molar-refractivity contribution is 5.76. The predicted octanol–water partition coefficient (Wildman–Crippen LogP) is 4.80. The lowest BCUT2D eigenvalue weighted by Gasteiger charge is -2.17. The van der Waals surface area contributed by atoms with Crippen molar-refractivity contribution in [3.63, 3.8) is 0 Å². The van der Waals surface area contributed by atoms with Gasteiger partial charge in [-0.2, -0.15) is 5.10 Å². The van der Waals surface area contributed by atoms with Gasteiger partial charge in [-0.15, -0.1) is 0 Å². The van der Waals surface area contributed by atoms with E-state index in [1.807, 2.05) is 48.5 Å². The standard InChI is InChI=1S/C24H29N3O2/c1-24(2,3)22-16-19(25-26-22)17-27(4)23(28)14-15-29-21-13-9-8-12-20(21)18-10-6-5-7-11-18/h5-13,16H,14-15,17H2,1-4H3,(H,25,26). The summed E-state index contributed by atoms with van der Waals surface area (Å²) in [5.74, 6) is 0.826. The molecule has 0 saturated heterocycles. The lowest BCUT2D eigenvalue weighted by molar-refractivity contribution is -0.131. The third kappa shape index (κ3) is 5.47. The first-order valence-corrected chi connectivity index (χ1v) is 9.90. The quantitative estimate of drug-likeness (QED) is 0.629. The van der Waals surface area contributed by atoms with E-state index in [1.54, 1.807) is 11.9 Å². The summed E-state index contributed by atoms with van der Waals surface area (Å²) in [7, 11) is 1.80. The van der Waals surface area contributed by atoms with Crippen LogP contribution in [0.4, 0.5) is 0 Å². The zero-order chi connectivity index (χ0) is 20.9. The average Bonchev–Trinajstić information content (AvgIpc) is 3.18. The number of hydrogen-bond donors (Lipinski definition) is 1. The Balaban J connectivity index is 1.54. The summed E-state index contributed by atoms with van der Waals surface area (Å²) < 4.78 is 5.94. The summed E-state index contributed by atoms with van der Waals surface area (Å²) >= 11 is 0. The van der Waals surface area contributed by atoms with Crippen LogP contribution in [0.2, 0.25) is 0 Å². The molecule has 0 fully saturated rings. The molecular formula is C24H29N3O2. The van der Waals surface area contributed by atoms with Crippen LogP contribution in [0.15, 0.2) is 60.7 Å². The van der Waals surface area contributed by atoms with Gasteiger partial charge in [-0.1, -0.05) is 69.3 Å². The van der Waals surface area contributed by atoms with Crippen LogP contribution in [0.25, 0.3) is 11.1 Å². The molecule has 5 heteroatoms. The van der Waals surface area contributed by atoms with Gasteiger partial charge in [-0.05, 0) is 17.7 Å². The largest absolute Gasteiger partial charge is 0.492 e. The van der Waals surface area contributed by atoms with Crippen molar-refractivity contribution in [2.24, 2.45) is 0 Å². The number of carbonyl (C=O) groups excluding carboxylic acids is 1. The van der Waals surface area contributed by atoms with Crippen molar-refractivity contribution in [2.45, 2.75) is 39.2 Å². The van der Waals surface area contributed by atoms with E-state index in [9.17, 15) is 4.79 Å². The molecule has 29 heavy (non-hydrogen) atoms. The number of aromatic amines is 1. The molecule has 0 aliphatic heterocycles. The van der Waals surface area contributed by atoms with E-state index in [1.165, 1.54) is 0 Å². The molecule has 0 unspecified atom stereocenters. The second-order valence-corrected chi connectivity index (χ2v) is 8.24. The monoisotopic (exact) mass is 391 g/mol. The fourth-order valence-corrected chi connectivity index (χ4v) is 3.06. The van der Waals surface area contributed by atoms with Crippen molar-refractivity contribution in [1.29, 1.82) is 0 Å². The first-order chi connectivity index (χ1) is 13.8. The molecule has 2 aromatic carbocycles. The summed E-state index contributed by atoms with van der Waals surface area (Å²) in [4.78, 5) is 14.2. The van der Waals surface area contributed by atoms with Gasteiger partial charge in [0.15, 0.2) is 0 Å². The highest BCUT2D eigenvalue weighted by Crippen LogP contribution is 2.29. The van der Waals surface area contributed by atoms with Gasteiger partial charge in [-0.25, -0.2) is 0 Å². The molecule has 0 radical (unpaired) electrons. The van der Waals surface area contributed by atoms with E-state index < -0.39 is 0 Å². The predicted molar refractivity (Wildman–Crippen MR) is 116 cm³/mol. The number of amides is 1. The second-order valence-electron chi connectivity index (χ2n) is 8.24. The molecule has 0 atom stereocenters. The molecule has 0 spiro atoms. The van der Waals surface area contributed by atoms with Crippen molar-refractivity contribution in [1.82, 2.24) is 15.1 Å². The lowest BCUT2D eigenvalue weighted by atomic mass is 9.92. The third-order valence-corrected chi connectivity index (χ3v) is 4.78. The minimum absolute atomic E-state index is 0.0166. The molecule has 1 aromatic heterocycles. The highest BCUT2D eigenvalue weighted by atomic mass is 16.5. The van der Waals surface area contributed by atoms with Crippen molar-refractivity contribution in [3.8, 4) is 16.9 Å². The SMILES string of the molecule is CN(Cc1cc(C(C)(C)C)n[nH]1)C(=O)CCOc1ccccc1-c1ccccc1. The number of ether oxygens (including phenoxy) is 1. The fourth-order valence-electron chi connectivity index (χ4n) is 3.06. The number of nitrogens with one attached hydrogen (secondary N) is 1. The van der Waals surface area contributed by atoms with E-state index in [4.69, 9.17) is 4.74 Å². The maximum Gasteiger partial charge on any atom is 0.226 e. The Morgan fingerprint density at radius 3 is 2.45 bits per heavy atom. The van der Waals surface area contributed by atoms with Crippen LogP contribution in [-0.2, 0) is 16.8 Å². The molecule has 0 aliphatic rings.